The highest BCUT2D eigenvalue weighted by Gasteiger charge is 2.24. The Bertz CT molecular complexity index is 764. The second kappa shape index (κ2) is 6.69. The van der Waals surface area contributed by atoms with Gasteiger partial charge >= 0.3 is 0 Å². The van der Waals surface area contributed by atoms with Gasteiger partial charge in [-0.3, -0.25) is 4.79 Å². The number of rotatable bonds is 2. The molecule has 0 aliphatic carbocycles. The van der Waals surface area contributed by atoms with Crippen LogP contribution < -0.4 is 4.90 Å². The molecule has 0 radical (unpaired) electrons. The van der Waals surface area contributed by atoms with Crippen LogP contribution in [0.15, 0.2) is 30.5 Å². The quantitative estimate of drug-likeness (QED) is 0.894. The first kappa shape index (κ1) is 16.4. The average molecular weight is 342 g/mol. The summed E-state index contributed by atoms with van der Waals surface area (Å²) in [6.45, 7) is 5.27. The maximum absolute atomic E-state index is 12.8. The average Bonchev–Trinajstić information content (AvgIpc) is 3.05. The van der Waals surface area contributed by atoms with Crippen LogP contribution in [0.1, 0.15) is 23.2 Å². The lowest BCUT2D eigenvalue weighted by molar-refractivity contribution is 0.0473. The van der Waals surface area contributed by atoms with Crippen LogP contribution in [0.25, 0.3) is 5.52 Å². The summed E-state index contributed by atoms with van der Waals surface area (Å²) >= 11 is 0. The first-order valence-corrected chi connectivity index (χ1v) is 9.14. The fourth-order valence-corrected chi connectivity index (χ4v) is 3.83. The van der Waals surface area contributed by atoms with Crippen molar-refractivity contribution in [2.24, 2.45) is 0 Å². The van der Waals surface area contributed by atoms with Gasteiger partial charge in [0.1, 0.15) is 5.82 Å². The van der Waals surface area contributed by atoms with Gasteiger partial charge in [-0.15, -0.1) is 0 Å². The van der Waals surface area contributed by atoms with E-state index in [2.05, 4.69) is 33.4 Å². The largest absolute Gasteiger partial charge is 0.391 e. The molecule has 25 heavy (non-hydrogen) atoms. The summed E-state index contributed by atoms with van der Waals surface area (Å²) in [5.41, 5.74) is 1.79. The summed E-state index contributed by atoms with van der Waals surface area (Å²) in [6.07, 6.45) is 3.21. The Morgan fingerprint density at radius 2 is 1.84 bits per heavy atom. The van der Waals surface area contributed by atoms with Crippen molar-refractivity contribution in [2.45, 2.75) is 18.9 Å². The molecule has 1 amide bonds. The molecule has 0 saturated carbocycles. The highest BCUT2D eigenvalue weighted by molar-refractivity contribution is 5.94. The number of fused-ring (bicyclic) bond motifs is 1. The Kier molecular flexibility index (Phi) is 4.39. The third kappa shape index (κ3) is 3.24. The van der Waals surface area contributed by atoms with Crippen molar-refractivity contribution in [3.05, 3.63) is 36.0 Å². The van der Waals surface area contributed by atoms with Crippen LogP contribution in [0.2, 0.25) is 0 Å². The Morgan fingerprint density at radius 1 is 1.08 bits per heavy atom. The molecule has 0 aromatic carbocycles. The first-order valence-electron chi connectivity index (χ1n) is 9.14. The topological polar surface area (TPSA) is 51.4 Å². The highest BCUT2D eigenvalue weighted by atomic mass is 16.3. The number of piperazine rings is 1. The number of carbonyl (C=O) groups is 1. The van der Waals surface area contributed by atoms with Gasteiger partial charge in [0.15, 0.2) is 0 Å². The lowest BCUT2D eigenvalue weighted by Gasteiger charge is -2.33. The van der Waals surface area contributed by atoms with E-state index >= 15 is 0 Å². The molecule has 4 heterocycles. The van der Waals surface area contributed by atoms with Gasteiger partial charge in [-0.1, -0.05) is 0 Å². The fraction of sp³-hybridized carbons (Fsp3) is 0.526. The van der Waals surface area contributed by atoms with Gasteiger partial charge < -0.3 is 24.2 Å². The van der Waals surface area contributed by atoms with Crippen LogP contribution in [-0.4, -0.2) is 77.6 Å². The van der Waals surface area contributed by atoms with E-state index in [1.54, 1.807) is 4.90 Å². The summed E-state index contributed by atoms with van der Waals surface area (Å²) < 4.78 is 2.12. The Morgan fingerprint density at radius 3 is 2.60 bits per heavy atom. The smallest absolute Gasteiger partial charge is 0.255 e. The number of hydrogen-bond acceptors (Lipinski definition) is 4. The van der Waals surface area contributed by atoms with Gasteiger partial charge in [0, 0.05) is 51.0 Å². The van der Waals surface area contributed by atoms with Crippen molar-refractivity contribution in [3.63, 3.8) is 0 Å². The van der Waals surface area contributed by atoms with Crippen LogP contribution in [0, 0.1) is 0 Å². The molecule has 2 aliphatic rings. The minimum absolute atomic E-state index is 0.0127. The molecular formula is C19H26N4O2. The zero-order chi connectivity index (χ0) is 17.4. The number of hydrogen-bond donors (Lipinski definition) is 1. The van der Waals surface area contributed by atoms with E-state index in [0.717, 1.165) is 56.9 Å². The SMILES string of the molecule is CN1CCN(c2ccc3ccc(C(=O)N4CCC[C@H](O)C4)cn23)CC1. The molecular weight excluding hydrogens is 316 g/mol. The molecule has 134 valence electrons. The molecule has 1 atom stereocenters. The monoisotopic (exact) mass is 342 g/mol. The van der Waals surface area contributed by atoms with E-state index in [1.807, 2.05) is 18.3 Å². The molecule has 2 aromatic rings. The molecule has 4 rings (SSSR count). The van der Waals surface area contributed by atoms with Gasteiger partial charge in [0.25, 0.3) is 5.91 Å². The van der Waals surface area contributed by atoms with E-state index in [-0.39, 0.29) is 5.91 Å². The molecule has 6 nitrogen and oxygen atoms in total. The number of amides is 1. The number of nitrogens with zero attached hydrogens (tertiary/aromatic N) is 4. The van der Waals surface area contributed by atoms with E-state index in [9.17, 15) is 9.90 Å². The van der Waals surface area contributed by atoms with Crippen LogP contribution in [0.5, 0.6) is 0 Å². The molecule has 0 unspecified atom stereocenters. The third-order valence-electron chi connectivity index (χ3n) is 5.39. The van der Waals surface area contributed by atoms with Crippen molar-refractivity contribution in [2.75, 3.05) is 51.2 Å². The van der Waals surface area contributed by atoms with Gasteiger partial charge in [-0.25, -0.2) is 0 Å². The zero-order valence-corrected chi connectivity index (χ0v) is 14.8. The minimum Gasteiger partial charge on any atom is -0.391 e. The maximum Gasteiger partial charge on any atom is 0.255 e. The summed E-state index contributed by atoms with van der Waals surface area (Å²) in [7, 11) is 2.15. The molecule has 1 N–H and O–H groups in total. The first-order chi connectivity index (χ1) is 12.1. The van der Waals surface area contributed by atoms with Crippen molar-refractivity contribution in [3.8, 4) is 0 Å². The van der Waals surface area contributed by atoms with Crippen molar-refractivity contribution in [1.29, 1.82) is 0 Å². The van der Waals surface area contributed by atoms with Gasteiger partial charge in [0.2, 0.25) is 0 Å². The standard InChI is InChI=1S/C19H26N4O2/c1-20-9-11-21(12-10-20)18-7-6-16-5-4-15(13-23(16)18)19(25)22-8-2-3-17(24)14-22/h4-7,13,17,24H,2-3,8-12,14H2,1H3/t17-/m0/s1. The summed E-state index contributed by atoms with van der Waals surface area (Å²) in [5.74, 6) is 1.16. The number of aliphatic hydroxyl groups is 1. The Balaban J connectivity index is 1.61. The number of piperidine rings is 1. The number of pyridine rings is 1. The summed E-state index contributed by atoms with van der Waals surface area (Å²) in [5, 5.41) is 9.84. The van der Waals surface area contributed by atoms with Crippen molar-refractivity contribution < 1.29 is 9.90 Å². The fourth-order valence-electron chi connectivity index (χ4n) is 3.83. The van der Waals surface area contributed by atoms with Crippen LogP contribution in [-0.2, 0) is 0 Å². The number of likely N-dealkylation sites (tertiary alicyclic amines) is 1. The Hall–Kier alpha value is -2.05. The molecule has 2 saturated heterocycles. The number of likely N-dealkylation sites (N-methyl/N-ethyl adjacent to an activating group) is 1. The summed E-state index contributed by atoms with van der Waals surface area (Å²) in [4.78, 5) is 19.3. The second-order valence-electron chi connectivity index (χ2n) is 7.24. The Labute approximate surface area is 148 Å². The van der Waals surface area contributed by atoms with Gasteiger partial charge in [-0.2, -0.15) is 0 Å². The number of carbonyl (C=O) groups excluding carboxylic acids is 1. The van der Waals surface area contributed by atoms with E-state index in [1.165, 1.54) is 0 Å². The predicted octanol–water partition coefficient (Wildman–Crippen LogP) is 1.29. The molecule has 2 aromatic heterocycles. The van der Waals surface area contributed by atoms with Crippen LogP contribution in [0.4, 0.5) is 5.82 Å². The number of anilines is 1. The maximum atomic E-state index is 12.8. The zero-order valence-electron chi connectivity index (χ0n) is 14.8. The molecule has 0 spiro atoms. The lowest BCUT2D eigenvalue weighted by Crippen LogP contribution is -2.45. The molecule has 2 fully saturated rings. The number of β-amino-alcohol motifs (C(OH)–C–C–N with tert-alkyl or cyclic N) is 1. The lowest BCUT2D eigenvalue weighted by atomic mass is 10.1. The molecule has 6 heteroatoms. The predicted molar refractivity (Wildman–Crippen MR) is 98.3 cm³/mol. The normalized spacial score (nSPS) is 22.6. The number of aliphatic hydroxyl groups excluding tert-OH is 1. The molecule has 2 aliphatic heterocycles. The number of aromatic nitrogens is 1. The van der Waals surface area contributed by atoms with Crippen molar-refractivity contribution >= 4 is 17.2 Å². The second-order valence-corrected chi connectivity index (χ2v) is 7.24. The minimum atomic E-state index is -0.395. The van der Waals surface area contributed by atoms with Crippen molar-refractivity contribution in [1.82, 2.24) is 14.2 Å². The van der Waals surface area contributed by atoms with Gasteiger partial charge in [0.05, 0.1) is 11.7 Å². The van der Waals surface area contributed by atoms with E-state index in [0.29, 0.717) is 12.1 Å². The van der Waals surface area contributed by atoms with Crippen LogP contribution >= 0.6 is 0 Å². The van der Waals surface area contributed by atoms with E-state index in [4.69, 9.17) is 0 Å². The highest BCUT2D eigenvalue weighted by Crippen LogP contribution is 2.22. The van der Waals surface area contributed by atoms with E-state index < -0.39 is 6.10 Å². The van der Waals surface area contributed by atoms with Gasteiger partial charge in [-0.05, 0) is 44.2 Å². The third-order valence-corrected chi connectivity index (χ3v) is 5.39. The molecule has 0 bridgehead atoms. The summed E-state index contributed by atoms with van der Waals surface area (Å²) in [6, 6.07) is 8.14. The van der Waals surface area contributed by atoms with Crippen LogP contribution in [0.3, 0.4) is 0 Å².